The van der Waals surface area contributed by atoms with Gasteiger partial charge in [0.15, 0.2) is 5.65 Å². The van der Waals surface area contributed by atoms with Gasteiger partial charge < -0.3 is 5.32 Å². The molecule has 0 fully saturated rings. The Bertz CT molecular complexity index is 708. The predicted molar refractivity (Wildman–Crippen MR) is 76.7 cm³/mol. The van der Waals surface area contributed by atoms with Crippen LogP contribution in [0, 0.1) is 0 Å². The molecule has 20 heavy (non-hydrogen) atoms. The SMILES string of the molecule is CC[C@H](Nc1ccc2nnnn2n1)c1ccc(Cl)cc1. The quantitative estimate of drug-likeness (QED) is 0.799. The number of rotatable bonds is 4. The van der Waals surface area contributed by atoms with E-state index in [1.165, 1.54) is 4.63 Å². The highest BCUT2D eigenvalue weighted by molar-refractivity contribution is 6.30. The number of hydrogen-bond acceptors (Lipinski definition) is 5. The maximum Gasteiger partial charge on any atom is 0.200 e. The van der Waals surface area contributed by atoms with Crippen LogP contribution < -0.4 is 5.32 Å². The van der Waals surface area contributed by atoms with E-state index in [1.54, 1.807) is 0 Å². The van der Waals surface area contributed by atoms with Crippen LogP contribution in [0.1, 0.15) is 24.9 Å². The van der Waals surface area contributed by atoms with Crippen molar-refractivity contribution >= 4 is 23.1 Å². The van der Waals surface area contributed by atoms with Gasteiger partial charge in [-0.1, -0.05) is 30.7 Å². The predicted octanol–water partition coefficient (Wildman–Crippen LogP) is 2.74. The fourth-order valence-electron chi connectivity index (χ4n) is 2.02. The first-order chi connectivity index (χ1) is 9.76. The molecule has 0 radical (unpaired) electrons. The summed E-state index contributed by atoms with van der Waals surface area (Å²) in [6, 6.07) is 11.7. The monoisotopic (exact) mass is 288 g/mol. The Balaban J connectivity index is 1.84. The molecule has 3 rings (SSSR count). The Morgan fingerprint density at radius 3 is 2.75 bits per heavy atom. The molecule has 2 aromatic heterocycles. The van der Waals surface area contributed by atoms with Gasteiger partial charge in [-0.15, -0.1) is 14.8 Å². The maximum absolute atomic E-state index is 5.91. The summed E-state index contributed by atoms with van der Waals surface area (Å²) in [6.45, 7) is 2.11. The molecule has 0 spiro atoms. The molecule has 7 heteroatoms. The molecule has 0 saturated heterocycles. The van der Waals surface area contributed by atoms with Gasteiger partial charge in [-0.05, 0) is 46.7 Å². The van der Waals surface area contributed by atoms with Crippen molar-refractivity contribution in [2.45, 2.75) is 19.4 Å². The van der Waals surface area contributed by atoms with E-state index in [0.29, 0.717) is 5.65 Å². The lowest BCUT2D eigenvalue weighted by atomic mass is 10.0. The Morgan fingerprint density at radius 2 is 2.00 bits per heavy atom. The molecule has 0 saturated carbocycles. The van der Waals surface area contributed by atoms with Crippen molar-refractivity contribution in [3.05, 3.63) is 47.0 Å². The molecule has 0 amide bonds. The van der Waals surface area contributed by atoms with E-state index in [1.807, 2.05) is 36.4 Å². The first kappa shape index (κ1) is 12.8. The number of tetrazole rings is 1. The number of benzene rings is 1. The van der Waals surface area contributed by atoms with Crippen LogP contribution in [0.4, 0.5) is 5.82 Å². The van der Waals surface area contributed by atoms with Crippen LogP contribution in [-0.4, -0.2) is 25.3 Å². The molecule has 2 heterocycles. The van der Waals surface area contributed by atoms with Gasteiger partial charge in [0, 0.05) is 5.02 Å². The maximum atomic E-state index is 5.91. The van der Waals surface area contributed by atoms with Crippen LogP contribution in [0.25, 0.3) is 5.65 Å². The van der Waals surface area contributed by atoms with Gasteiger partial charge in [-0.3, -0.25) is 0 Å². The highest BCUT2D eigenvalue weighted by atomic mass is 35.5. The Morgan fingerprint density at radius 1 is 1.20 bits per heavy atom. The van der Waals surface area contributed by atoms with Crippen LogP contribution >= 0.6 is 11.6 Å². The molecule has 1 N–H and O–H groups in total. The van der Waals surface area contributed by atoms with Gasteiger partial charge in [0.1, 0.15) is 5.82 Å². The summed E-state index contributed by atoms with van der Waals surface area (Å²) in [7, 11) is 0. The zero-order valence-electron chi connectivity index (χ0n) is 10.9. The molecule has 6 nitrogen and oxygen atoms in total. The second kappa shape index (κ2) is 5.42. The molecular formula is C13H13ClN6. The van der Waals surface area contributed by atoms with E-state index in [-0.39, 0.29) is 6.04 Å². The molecule has 1 atom stereocenters. The van der Waals surface area contributed by atoms with Crippen molar-refractivity contribution in [3.8, 4) is 0 Å². The van der Waals surface area contributed by atoms with Crippen LogP contribution in [0.3, 0.4) is 0 Å². The fourth-order valence-corrected chi connectivity index (χ4v) is 2.15. The highest BCUT2D eigenvalue weighted by Crippen LogP contribution is 2.22. The Kier molecular flexibility index (Phi) is 3.47. The Hall–Kier alpha value is -2.21. The van der Waals surface area contributed by atoms with Crippen LogP contribution in [0.15, 0.2) is 36.4 Å². The van der Waals surface area contributed by atoms with Crippen LogP contribution in [0.5, 0.6) is 0 Å². The summed E-state index contributed by atoms with van der Waals surface area (Å²) in [5.41, 5.74) is 1.78. The van der Waals surface area contributed by atoms with E-state index in [0.717, 1.165) is 22.8 Å². The summed E-state index contributed by atoms with van der Waals surface area (Å²) in [5.74, 6) is 0.728. The zero-order chi connectivity index (χ0) is 13.9. The summed E-state index contributed by atoms with van der Waals surface area (Å²) in [5, 5.41) is 19.6. The number of aromatic nitrogens is 5. The van der Waals surface area contributed by atoms with E-state index >= 15 is 0 Å². The Labute approximate surface area is 120 Å². The minimum atomic E-state index is 0.161. The van der Waals surface area contributed by atoms with Gasteiger partial charge in [0.2, 0.25) is 0 Å². The minimum absolute atomic E-state index is 0.161. The van der Waals surface area contributed by atoms with Crippen molar-refractivity contribution in [1.29, 1.82) is 0 Å². The van der Waals surface area contributed by atoms with E-state index < -0.39 is 0 Å². The molecule has 3 aromatic rings. The van der Waals surface area contributed by atoms with Crippen molar-refractivity contribution in [2.75, 3.05) is 5.32 Å². The number of nitrogens with one attached hydrogen (secondary N) is 1. The molecule has 102 valence electrons. The van der Waals surface area contributed by atoms with Crippen molar-refractivity contribution < 1.29 is 0 Å². The molecule has 0 aliphatic rings. The fraction of sp³-hybridized carbons (Fsp3) is 0.231. The average molecular weight is 289 g/mol. The number of fused-ring (bicyclic) bond motifs is 1. The van der Waals surface area contributed by atoms with Gasteiger partial charge in [-0.2, -0.15) is 0 Å². The van der Waals surface area contributed by atoms with Crippen molar-refractivity contribution in [2.24, 2.45) is 0 Å². The summed E-state index contributed by atoms with van der Waals surface area (Å²) < 4.78 is 1.40. The van der Waals surface area contributed by atoms with Crippen LogP contribution in [-0.2, 0) is 0 Å². The van der Waals surface area contributed by atoms with Crippen LogP contribution in [0.2, 0.25) is 5.02 Å². The number of anilines is 1. The summed E-state index contributed by atoms with van der Waals surface area (Å²) in [4.78, 5) is 0. The van der Waals surface area contributed by atoms with Gasteiger partial charge in [0.25, 0.3) is 0 Å². The third-order valence-corrected chi connectivity index (χ3v) is 3.32. The topological polar surface area (TPSA) is 68.0 Å². The third kappa shape index (κ3) is 2.55. The summed E-state index contributed by atoms with van der Waals surface area (Å²) in [6.07, 6.45) is 0.928. The van der Waals surface area contributed by atoms with E-state index in [4.69, 9.17) is 11.6 Å². The summed E-state index contributed by atoms with van der Waals surface area (Å²) >= 11 is 5.91. The minimum Gasteiger partial charge on any atom is -0.362 e. The lowest BCUT2D eigenvalue weighted by molar-refractivity contribution is 0.708. The molecule has 1 aromatic carbocycles. The molecule has 0 bridgehead atoms. The van der Waals surface area contributed by atoms with Crippen molar-refractivity contribution in [3.63, 3.8) is 0 Å². The standard InChI is InChI=1S/C13H13ClN6/c1-2-11(9-3-5-10(14)6-4-9)15-12-7-8-13-16-18-19-20(13)17-12/h3-8,11H,2H2,1H3,(H,15,17)/t11-/m0/s1. The van der Waals surface area contributed by atoms with Gasteiger partial charge in [0.05, 0.1) is 6.04 Å². The second-order valence-corrected chi connectivity index (χ2v) is 4.84. The molecular weight excluding hydrogens is 276 g/mol. The van der Waals surface area contributed by atoms with E-state index in [9.17, 15) is 0 Å². The second-order valence-electron chi connectivity index (χ2n) is 4.40. The lowest BCUT2D eigenvalue weighted by Gasteiger charge is -2.17. The number of hydrogen-bond donors (Lipinski definition) is 1. The normalized spacial score (nSPS) is 12.5. The third-order valence-electron chi connectivity index (χ3n) is 3.07. The average Bonchev–Trinajstić information content (AvgIpc) is 2.93. The molecule has 0 aliphatic heterocycles. The largest absolute Gasteiger partial charge is 0.362 e. The first-order valence-electron chi connectivity index (χ1n) is 6.33. The zero-order valence-corrected chi connectivity index (χ0v) is 11.6. The van der Waals surface area contributed by atoms with Gasteiger partial charge in [-0.25, -0.2) is 0 Å². The smallest absolute Gasteiger partial charge is 0.200 e. The highest BCUT2D eigenvalue weighted by Gasteiger charge is 2.10. The van der Waals surface area contributed by atoms with Crippen molar-refractivity contribution in [1.82, 2.24) is 25.3 Å². The molecule has 0 unspecified atom stereocenters. The molecule has 0 aliphatic carbocycles. The lowest BCUT2D eigenvalue weighted by Crippen LogP contribution is -2.12. The van der Waals surface area contributed by atoms with Gasteiger partial charge >= 0.3 is 0 Å². The number of halogens is 1. The number of nitrogens with zero attached hydrogens (tertiary/aromatic N) is 5. The first-order valence-corrected chi connectivity index (χ1v) is 6.71. The van der Waals surface area contributed by atoms with E-state index in [2.05, 4.69) is 32.9 Å².